The number of hydrogen-bond acceptors (Lipinski definition) is 3. The molecule has 0 atom stereocenters. The molecule has 0 radical (unpaired) electrons. The molecule has 0 unspecified atom stereocenters. The number of carbonyl (C=O) groups is 2. The summed E-state index contributed by atoms with van der Waals surface area (Å²) < 4.78 is 0. The van der Waals surface area contributed by atoms with Gasteiger partial charge in [0.05, 0.1) is 0 Å². The summed E-state index contributed by atoms with van der Waals surface area (Å²) in [5.41, 5.74) is -1.34. The molecule has 1 aliphatic heterocycles. The Hall–Kier alpha value is -1.10. The van der Waals surface area contributed by atoms with Crippen molar-refractivity contribution in [2.24, 2.45) is 11.3 Å². The highest BCUT2D eigenvalue weighted by Gasteiger charge is 2.36. The first-order chi connectivity index (χ1) is 7.84. The summed E-state index contributed by atoms with van der Waals surface area (Å²) in [7, 11) is 2.09. The number of carboxylic acid groups (broad SMARTS) is 1. The molecule has 5 nitrogen and oxygen atoms in total. The van der Waals surface area contributed by atoms with Crippen LogP contribution in [0.2, 0.25) is 0 Å². The van der Waals surface area contributed by atoms with Gasteiger partial charge in [0.25, 0.3) is 0 Å². The number of nitrogens with zero attached hydrogens (tertiary/aromatic N) is 1. The zero-order valence-electron chi connectivity index (χ0n) is 10.8. The lowest BCUT2D eigenvalue weighted by Crippen LogP contribution is -2.45. The van der Waals surface area contributed by atoms with E-state index in [0.717, 1.165) is 25.9 Å². The van der Waals surface area contributed by atoms with Crippen LogP contribution in [-0.4, -0.2) is 48.6 Å². The molecule has 1 saturated heterocycles. The summed E-state index contributed by atoms with van der Waals surface area (Å²) in [5, 5.41) is 11.7. The zero-order chi connectivity index (χ0) is 13.1. The molecule has 2 N–H and O–H groups in total. The fraction of sp³-hybridized carbons (Fsp3) is 0.833. The quantitative estimate of drug-likeness (QED) is 0.707. The number of nitrogens with one attached hydrogen (secondary N) is 1. The Balaban J connectivity index is 2.36. The van der Waals surface area contributed by atoms with Gasteiger partial charge in [-0.15, -0.1) is 0 Å². The van der Waals surface area contributed by atoms with E-state index in [-0.39, 0.29) is 0 Å². The minimum absolute atomic E-state index is 0.399. The van der Waals surface area contributed by atoms with Gasteiger partial charge in [-0.3, -0.25) is 9.59 Å². The highest BCUT2D eigenvalue weighted by molar-refractivity contribution is 6.00. The molecule has 98 valence electrons. The molecular formula is C12H22N2O3. The molecule has 5 heteroatoms. The van der Waals surface area contributed by atoms with Crippen molar-refractivity contribution in [2.75, 3.05) is 26.7 Å². The van der Waals surface area contributed by atoms with Gasteiger partial charge in [-0.05, 0) is 52.7 Å². The Labute approximate surface area is 102 Å². The van der Waals surface area contributed by atoms with Crippen LogP contribution in [0.4, 0.5) is 0 Å². The number of hydrogen-bond donors (Lipinski definition) is 2. The fourth-order valence-electron chi connectivity index (χ4n) is 1.82. The molecular weight excluding hydrogens is 220 g/mol. The number of amides is 1. The lowest BCUT2D eigenvalue weighted by atomic mass is 9.91. The lowest BCUT2D eigenvalue weighted by molar-refractivity contribution is -0.153. The van der Waals surface area contributed by atoms with E-state index in [2.05, 4.69) is 17.3 Å². The van der Waals surface area contributed by atoms with Gasteiger partial charge >= 0.3 is 5.97 Å². The summed E-state index contributed by atoms with van der Waals surface area (Å²) in [6.07, 6.45) is 2.12. The molecule has 0 bridgehead atoms. The number of rotatable bonds is 4. The van der Waals surface area contributed by atoms with Crippen LogP contribution in [0.3, 0.4) is 0 Å². The van der Waals surface area contributed by atoms with Crippen molar-refractivity contribution in [1.29, 1.82) is 0 Å². The van der Waals surface area contributed by atoms with Crippen LogP contribution in [0.5, 0.6) is 0 Å². The van der Waals surface area contributed by atoms with E-state index in [1.807, 2.05) is 0 Å². The smallest absolute Gasteiger partial charge is 0.318 e. The van der Waals surface area contributed by atoms with E-state index in [0.29, 0.717) is 12.5 Å². The Morgan fingerprint density at radius 2 is 1.88 bits per heavy atom. The van der Waals surface area contributed by atoms with Crippen molar-refractivity contribution in [2.45, 2.75) is 26.7 Å². The number of carboxylic acids is 1. The van der Waals surface area contributed by atoms with Crippen molar-refractivity contribution in [3.05, 3.63) is 0 Å². The van der Waals surface area contributed by atoms with E-state index in [1.54, 1.807) is 0 Å². The van der Waals surface area contributed by atoms with Crippen molar-refractivity contribution in [3.8, 4) is 0 Å². The SMILES string of the molecule is CN1CCC(CNC(=O)C(C)(C)C(=O)O)CC1. The fourth-order valence-corrected chi connectivity index (χ4v) is 1.82. The van der Waals surface area contributed by atoms with E-state index in [1.165, 1.54) is 13.8 Å². The minimum atomic E-state index is -1.34. The third-order valence-corrected chi connectivity index (χ3v) is 3.49. The molecule has 0 aromatic rings. The predicted molar refractivity (Wildman–Crippen MR) is 64.6 cm³/mol. The van der Waals surface area contributed by atoms with Crippen molar-refractivity contribution in [3.63, 3.8) is 0 Å². The lowest BCUT2D eigenvalue weighted by Gasteiger charge is -2.29. The maximum atomic E-state index is 11.7. The first-order valence-electron chi connectivity index (χ1n) is 6.04. The average molecular weight is 242 g/mol. The van der Waals surface area contributed by atoms with Crippen LogP contribution in [-0.2, 0) is 9.59 Å². The normalized spacial score (nSPS) is 19.0. The van der Waals surface area contributed by atoms with Gasteiger partial charge in [0.1, 0.15) is 5.41 Å². The highest BCUT2D eigenvalue weighted by Crippen LogP contribution is 2.18. The monoisotopic (exact) mass is 242 g/mol. The van der Waals surface area contributed by atoms with Crippen LogP contribution in [0.15, 0.2) is 0 Å². The third-order valence-electron chi connectivity index (χ3n) is 3.49. The standard InChI is InChI=1S/C12H22N2O3/c1-12(2,11(16)17)10(15)13-8-9-4-6-14(3)7-5-9/h9H,4-8H2,1-3H3,(H,13,15)(H,16,17). The Kier molecular flexibility index (Phi) is 4.51. The average Bonchev–Trinajstić information content (AvgIpc) is 2.27. The minimum Gasteiger partial charge on any atom is -0.480 e. The van der Waals surface area contributed by atoms with Gasteiger partial charge < -0.3 is 15.3 Å². The second-order valence-corrected chi connectivity index (χ2v) is 5.39. The van der Waals surface area contributed by atoms with E-state index in [9.17, 15) is 9.59 Å². The molecule has 1 fully saturated rings. The number of likely N-dealkylation sites (tertiary alicyclic amines) is 1. The Morgan fingerprint density at radius 1 is 1.35 bits per heavy atom. The van der Waals surface area contributed by atoms with Crippen molar-refractivity contribution < 1.29 is 14.7 Å². The first-order valence-corrected chi connectivity index (χ1v) is 6.04. The van der Waals surface area contributed by atoms with Crippen LogP contribution < -0.4 is 5.32 Å². The number of carbonyl (C=O) groups excluding carboxylic acids is 1. The molecule has 0 aromatic carbocycles. The Morgan fingerprint density at radius 3 is 2.35 bits per heavy atom. The number of aliphatic carboxylic acids is 1. The van der Waals surface area contributed by atoms with Gasteiger partial charge in [0.2, 0.25) is 5.91 Å². The highest BCUT2D eigenvalue weighted by atomic mass is 16.4. The third kappa shape index (κ3) is 3.70. The maximum Gasteiger partial charge on any atom is 0.318 e. The van der Waals surface area contributed by atoms with E-state index >= 15 is 0 Å². The van der Waals surface area contributed by atoms with E-state index in [4.69, 9.17) is 5.11 Å². The predicted octanol–water partition coefficient (Wildman–Crippen LogP) is 0.555. The van der Waals surface area contributed by atoms with Gasteiger partial charge in [0, 0.05) is 6.54 Å². The van der Waals surface area contributed by atoms with Crippen LogP contribution in [0.1, 0.15) is 26.7 Å². The molecule has 1 aliphatic rings. The van der Waals surface area contributed by atoms with Crippen LogP contribution in [0.25, 0.3) is 0 Å². The second kappa shape index (κ2) is 5.49. The molecule has 17 heavy (non-hydrogen) atoms. The molecule has 1 rings (SSSR count). The molecule has 1 heterocycles. The molecule has 0 aliphatic carbocycles. The summed E-state index contributed by atoms with van der Waals surface area (Å²) >= 11 is 0. The van der Waals surface area contributed by atoms with Gasteiger partial charge in [-0.25, -0.2) is 0 Å². The molecule has 0 spiro atoms. The molecule has 1 amide bonds. The topological polar surface area (TPSA) is 69.6 Å². The molecule has 0 saturated carbocycles. The van der Waals surface area contributed by atoms with Crippen molar-refractivity contribution in [1.82, 2.24) is 10.2 Å². The maximum absolute atomic E-state index is 11.7. The number of piperidine rings is 1. The van der Waals surface area contributed by atoms with Gasteiger partial charge in [-0.1, -0.05) is 0 Å². The summed E-state index contributed by atoms with van der Waals surface area (Å²) in [6, 6.07) is 0. The molecule has 0 aromatic heterocycles. The summed E-state index contributed by atoms with van der Waals surface area (Å²) in [5.74, 6) is -1.01. The second-order valence-electron chi connectivity index (χ2n) is 5.39. The summed E-state index contributed by atoms with van der Waals surface area (Å²) in [4.78, 5) is 24.9. The van der Waals surface area contributed by atoms with Gasteiger partial charge in [-0.2, -0.15) is 0 Å². The van der Waals surface area contributed by atoms with Crippen molar-refractivity contribution >= 4 is 11.9 Å². The Bertz CT molecular complexity index is 294. The zero-order valence-corrected chi connectivity index (χ0v) is 10.8. The van der Waals surface area contributed by atoms with Gasteiger partial charge in [0.15, 0.2) is 0 Å². The largest absolute Gasteiger partial charge is 0.480 e. The van der Waals surface area contributed by atoms with E-state index < -0.39 is 17.3 Å². The van der Waals surface area contributed by atoms with Crippen LogP contribution >= 0.6 is 0 Å². The summed E-state index contributed by atoms with van der Waals surface area (Å²) in [6.45, 7) is 5.54. The first kappa shape index (κ1) is 14.0. The van der Waals surface area contributed by atoms with Crippen LogP contribution in [0, 0.1) is 11.3 Å².